The first-order chi connectivity index (χ1) is 7.25. The summed E-state index contributed by atoms with van der Waals surface area (Å²) < 4.78 is 0. The number of hydrogen-bond acceptors (Lipinski definition) is 3. The van der Waals surface area contributed by atoms with Gasteiger partial charge < -0.3 is 5.11 Å². The van der Waals surface area contributed by atoms with Crippen LogP contribution in [0.5, 0.6) is 0 Å². The molecule has 1 N–H and O–H groups in total. The summed E-state index contributed by atoms with van der Waals surface area (Å²) in [5.74, 6) is 0.621. The van der Waals surface area contributed by atoms with Gasteiger partial charge in [-0.2, -0.15) is 0 Å². The summed E-state index contributed by atoms with van der Waals surface area (Å²) in [5.41, 5.74) is 0. The van der Waals surface area contributed by atoms with E-state index in [4.69, 9.17) is 5.11 Å². The quantitative estimate of drug-likeness (QED) is 0.806. The number of nitrogens with zero attached hydrogens (tertiary/aromatic N) is 1. The second-order valence-electron chi connectivity index (χ2n) is 4.40. The number of carboxylic acid groups (broad SMARTS) is 1. The van der Waals surface area contributed by atoms with E-state index in [-0.39, 0.29) is 0 Å². The fourth-order valence-electron chi connectivity index (χ4n) is 2.30. The average molecular weight is 227 g/mol. The molecular weight excluding hydrogens is 210 g/mol. The minimum absolute atomic E-state index is 0.478. The maximum atomic E-state index is 10.7. The van der Waals surface area contributed by atoms with Crippen molar-refractivity contribution in [3.8, 4) is 0 Å². The maximum absolute atomic E-state index is 10.7. The van der Waals surface area contributed by atoms with Crippen LogP contribution in [0.4, 0.5) is 0 Å². The molecule has 0 spiro atoms. The molecule has 1 heterocycles. The zero-order chi connectivity index (χ0) is 10.7. The molecule has 4 heteroatoms. The second kappa shape index (κ2) is 5.01. The topological polar surface area (TPSA) is 49.7 Å². The largest absolute Gasteiger partial charge is 0.480 e. The lowest BCUT2D eigenvalue weighted by Crippen LogP contribution is -2.17. The molecule has 0 radical (unpaired) electrons. The van der Waals surface area contributed by atoms with Crippen LogP contribution in [-0.4, -0.2) is 27.9 Å². The highest BCUT2D eigenvalue weighted by Gasteiger charge is 2.26. The molecule has 2 aliphatic rings. The van der Waals surface area contributed by atoms with Crippen LogP contribution in [0.25, 0.3) is 0 Å². The van der Waals surface area contributed by atoms with Crippen LogP contribution in [-0.2, 0) is 4.79 Å². The molecule has 0 amide bonds. The molecule has 1 fully saturated rings. The van der Waals surface area contributed by atoms with Crippen LogP contribution < -0.4 is 0 Å². The molecule has 0 aromatic carbocycles. The van der Waals surface area contributed by atoms with Crippen molar-refractivity contribution in [2.75, 3.05) is 5.75 Å². The van der Waals surface area contributed by atoms with Gasteiger partial charge >= 0.3 is 5.97 Å². The van der Waals surface area contributed by atoms with Crippen molar-refractivity contribution < 1.29 is 9.90 Å². The van der Waals surface area contributed by atoms with Gasteiger partial charge in [0.2, 0.25) is 0 Å². The van der Waals surface area contributed by atoms with E-state index in [1.165, 1.54) is 32.1 Å². The second-order valence-corrected chi connectivity index (χ2v) is 5.49. The highest BCUT2D eigenvalue weighted by atomic mass is 32.2. The number of rotatable bonds is 3. The van der Waals surface area contributed by atoms with Gasteiger partial charge in [-0.05, 0) is 12.3 Å². The molecule has 1 atom stereocenters. The summed E-state index contributed by atoms with van der Waals surface area (Å²) in [6.07, 6.45) is 7.67. The lowest BCUT2D eigenvalue weighted by molar-refractivity contribution is -0.137. The van der Waals surface area contributed by atoms with E-state index in [1.807, 2.05) is 0 Å². The van der Waals surface area contributed by atoms with E-state index < -0.39 is 12.0 Å². The van der Waals surface area contributed by atoms with E-state index >= 15 is 0 Å². The van der Waals surface area contributed by atoms with E-state index in [0.29, 0.717) is 5.75 Å². The Kier molecular flexibility index (Phi) is 3.67. The Labute approximate surface area is 94.4 Å². The number of aliphatic imine (C=N–C) groups is 1. The summed E-state index contributed by atoms with van der Waals surface area (Å²) in [6, 6.07) is -0.478. The average Bonchev–Trinajstić information content (AvgIpc) is 2.68. The van der Waals surface area contributed by atoms with Crippen LogP contribution >= 0.6 is 11.8 Å². The molecular formula is C11H17NO2S. The van der Waals surface area contributed by atoms with E-state index in [2.05, 4.69) is 4.99 Å². The van der Waals surface area contributed by atoms with E-state index in [1.54, 1.807) is 11.8 Å². The first kappa shape index (κ1) is 11.0. The van der Waals surface area contributed by atoms with Gasteiger partial charge in [0.25, 0.3) is 0 Å². The minimum Gasteiger partial charge on any atom is -0.480 e. The van der Waals surface area contributed by atoms with Crippen molar-refractivity contribution in [2.24, 2.45) is 10.9 Å². The lowest BCUT2D eigenvalue weighted by Gasteiger charge is -2.20. The molecule has 1 saturated carbocycles. The highest BCUT2D eigenvalue weighted by Crippen LogP contribution is 2.31. The highest BCUT2D eigenvalue weighted by molar-refractivity contribution is 8.14. The lowest BCUT2D eigenvalue weighted by atomic mass is 9.87. The first-order valence-electron chi connectivity index (χ1n) is 5.68. The fraction of sp³-hybridized carbons (Fsp3) is 0.818. The Morgan fingerprint density at radius 2 is 2.13 bits per heavy atom. The molecule has 0 aromatic heterocycles. The van der Waals surface area contributed by atoms with Crippen molar-refractivity contribution in [1.29, 1.82) is 0 Å². The number of carbonyl (C=O) groups is 1. The van der Waals surface area contributed by atoms with Crippen molar-refractivity contribution in [1.82, 2.24) is 0 Å². The Hall–Kier alpha value is -0.510. The van der Waals surface area contributed by atoms with E-state index in [9.17, 15) is 4.79 Å². The van der Waals surface area contributed by atoms with E-state index in [0.717, 1.165) is 17.4 Å². The number of carboxylic acids is 1. The Morgan fingerprint density at radius 3 is 2.73 bits per heavy atom. The predicted octanol–water partition coefficient (Wildman–Crippen LogP) is 2.56. The first-order valence-corrected chi connectivity index (χ1v) is 6.66. The van der Waals surface area contributed by atoms with Gasteiger partial charge in [-0.15, -0.1) is 11.8 Å². The predicted molar refractivity (Wildman–Crippen MR) is 62.5 cm³/mol. The standard InChI is InChI=1S/C11H17NO2S/c13-11(14)9-7-15-10(12-9)6-8-4-2-1-3-5-8/h8-9H,1-7H2,(H,13,14). The van der Waals surface area contributed by atoms with Crippen molar-refractivity contribution >= 4 is 22.8 Å². The molecule has 2 rings (SSSR count). The molecule has 1 aliphatic heterocycles. The third-order valence-corrected chi connectivity index (χ3v) is 4.27. The van der Waals surface area contributed by atoms with Gasteiger partial charge in [0, 0.05) is 5.75 Å². The van der Waals surface area contributed by atoms with Crippen LogP contribution in [0.1, 0.15) is 38.5 Å². The molecule has 0 aromatic rings. The van der Waals surface area contributed by atoms with Gasteiger partial charge in [-0.25, -0.2) is 4.79 Å². The minimum atomic E-state index is -0.777. The summed E-state index contributed by atoms with van der Waals surface area (Å²) in [7, 11) is 0. The number of hydrogen-bond donors (Lipinski definition) is 1. The Morgan fingerprint density at radius 1 is 1.40 bits per heavy atom. The molecule has 84 valence electrons. The zero-order valence-corrected chi connectivity index (χ0v) is 9.63. The summed E-state index contributed by atoms with van der Waals surface area (Å²) in [5, 5.41) is 9.89. The fourth-order valence-corrected chi connectivity index (χ4v) is 3.42. The SMILES string of the molecule is O=C(O)C1CSC(CC2CCCCC2)=N1. The number of thioether (sulfide) groups is 1. The third-order valence-electron chi connectivity index (χ3n) is 3.18. The monoisotopic (exact) mass is 227 g/mol. The van der Waals surface area contributed by atoms with Gasteiger partial charge in [-0.1, -0.05) is 32.1 Å². The molecule has 3 nitrogen and oxygen atoms in total. The summed E-state index contributed by atoms with van der Waals surface area (Å²) >= 11 is 1.64. The summed E-state index contributed by atoms with van der Waals surface area (Å²) in [4.78, 5) is 15.0. The van der Waals surface area contributed by atoms with Gasteiger partial charge in [0.15, 0.2) is 6.04 Å². The normalized spacial score (nSPS) is 27.7. The molecule has 15 heavy (non-hydrogen) atoms. The van der Waals surface area contributed by atoms with Gasteiger partial charge in [0.05, 0.1) is 5.04 Å². The molecule has 0 saturated heterocycles. The van der Waals surface area contributed by atoms with Crippen LogP contribution in [0.15, 0.2) is 4.99 Å². The van der Waals surface area contributed by atoms with Crippen LogP contribution in [0.3, 0.4) is 0 Å². The van der Waals surface area contributed by atoms with Crippen molar-refractivity contribution in [2.45, 2.75) is 44.6 Å². The Bertz CT molecular complexity index is 272. The smallest absolute Gasteiger partial charge is 0.329 e. The van der Waals surface area contributed by atoms with Crippen molar-refractivity contribution in [3.05, 3.63) is 0 Å². The third kappa shape index (κ3) is 2.97. The van der Waals surface area contributed by atoms with Crippen molar-refractivity contribution in [3.63, 3.8) is 0 Å². The Balaban J connectivity index is 1.84. The molecule has 0 bridgehead atoms. The van der Waals surface area contributed by atoms with Gasteiger partial charge in [0.1, 0.15) is 0 Å². The number of aliphatic carboxylic acids is 1. The zero-order valence-electron chi connectivity index (χ0n) is 8.82. The van der Waals surface area contributed by atoms with Crippen LogP contribution in [0.2, 0.25) is 0 Å². The summed E-state index contributed by atoms with van der Waals surface area (Å²) in [6.45, 7) is 0. The molecule has 1 unspecified atom stereocenters. The molecule has 1 aliphatic carbocycles. The van der Waals surface area contributed by atoms with Crippen LogP contribution in [0, 0.1) is 5.92 Å². The maximum Gasteiger partial charge on any atom is 0.329 e. The van der Waals surface area contributed by atoms with Gasteiger partial charge in [-0.3, -0.25) is 4.99 Å².